The molecule has 0 radical (unpaired) electrons. The molecule has 0 saturated carbocycles. The highest BCUT2D eigenvalue weighted by molar-refractivity contribution is 7.99. The lowest BCUT2D eigenvalue weighted by atomic mass is 10.0. The third kappa shape index (κ3) is 4.45. The fourth-order valence-corrected chi connectivity index (χ4v) is 3.49. The second-order valence-corrected chi connectivity index (χ2v) is 6.81. The summed E-state index contributed by atoms with van der Waals surface area (Å²) in [5.74, 6) is 3.40. The van der Waals surface area contributed by atoms with Crippen LogP contribution in [0, 0.1) is 5.92 Å². The zero-order valence-electron chi connectivity index (χ0n) is 11.0. The van der Waals surface area contributed by atoms with Crippen LogP contribution in [0.15, 0.2) is 18.2 Å². The molecule has 1 aliphatic heterocycles. The average Bonchev–Trinajstić information content (AvgIpc) is 2.90. The van der Waals surface area contributed by atoms with Gasteiger partial charge in [-0.05, 0) is 36.9 Å². The molecule has 1 heterocycles. The number of ether oxygens (including phenoxy) is 1. The first kappa shape index (κ1) is 15.3. The minimum atomic E-state index is 0.207. The van der Waals surface area contributed by atoms with Gasteiger partial charge in [0, 0.05) is 23.2 Å². The average molecular weight is 320 g/mol. The molecule has 1 aliphatic rings. The van der Waals surface area contributed by atoms with E-state index in [0.29, 0.717) is 16.0 Å². The first-order valence-corrected chi connectivity index (χ1v) is 8.52. The fourth-order valence-electron chi connectivity index (χ4n) is 2.23. The van der Waals surface area contributed by atoms with Crippen molar-refractivity contribution in [3.05, 3.63) is 28.2 Å². The van der Waals surface area contributed by atoms with Crippen LogP contribution in [-0.2, 0) is 0 Å². The Morgan fingerprint density at radius 1 is 1.47 bits per heavy atom. The molecule has 5 heteroatoms. The van der Waals surface area contributed by atoms with Crippen LogP contribution >= 0.6 is 35.0 Å². The molecule has 0 spiro atoms. The van der Waals surface area contributed by atoms with E-state index in [4.69, 9.17) is 27.9 Å². The van der Waals surface area contributed by atoms with E-state index in [9.17, 15) is 0 Å². The number of hydrogen-bond donors (Lipinski definition) is 1. The van der Waals surface area contributed by atoms with Crippen molar-refractivity contribution in [1.82, 2.24) is 5.32 Å². The zero-order chi connectivity index (χ0) is 13.7. The van der Waals surface area contributed by atoms with Crippen LogP contribution in [0.3, 0.4) is 0 Å². The summed E-state index contributed by atoms with van der Waals surface area (Å²) in [6.07, 6.45) is 1.37. The molecule has 0 aliphatic carbocycles. The van der Waals surface area contributed by atoms with Gasteiger partial charge in [-0.1, -0.05) is 30.1 Å². The molecule has 1 aromatic carbocycles. The summed E-state index contributed by atoms with van der Waals surface area (Å²) in [7, 11) is 0. The highest BCUT2D eigenvalue weighted by Gasteiger charge is 2.26. The van der Waals surface area contributed by atoms with Crippen LogP contribution in [0.5, 0.6) is 5.75 Å². The van der Waals surface area contributed by atoms with E-state index < -0.39 is 0 Å². The summed E-state index contributed by atoms with van der Waals surface area (Å²) < 4.78 is 6.13. The predicted molar refractivity (Wildman–Crippen MR) is 84.9 cm³/mol. The number of nitrogens with one attached hydrogen (secondary N) is 1. The van der Waals surface area contributed by atoms with Crippen molar-refractivity contribution in [2.75, 3.05) is 24.6 Å². The topological polar surface area (TPSA) is 21.3 Å². The minimum Gasteiger partial charge on any atom is -0.488 e. The van der Waals surface area contributed by atoms with Crippen molar-refractivity contribution in [3.63, 3.8) is 0 Å². The molecule has 106 valence electrons. The van der Waals surface area contributed by atoms with Gasteiger partial charge in [0.1, 0.15) is 11.9 Å². The third-order valence-corrected chi connectivity index (χ3v) is 4.79. The number of thioether (sulfide) groups is 1. The van der Waals surface area contributed by atoms with Crippen LogP contribution in [0.4, 0.5) is 0 Å². The van der Waals surface area contributed by atoms with Crippen molar-refractivity contribution in [2.45, 2.75) is 19.4 Å². The Morgan fingerprint density at radius 3 is 2.95 bits per heavy atom. The smallest absolute Gasteiger partial charge is 0.138 e. The number of rotatable bonds is 6. The number of halogens is 2. The van der Waals surface area contributed by atoms with Gasteiger partial charge in [-0.2, -0.15) is 11.8 Å². The van der Waals surface area contributed by atoms with Crippen LogP contribution in [0.25, 0.3) is 0 Å². The molecule has 19 heavy (non-hydrogen) atoms. The van der Waals surface area contributed by atoms with Gasteiger partial charge >= 0.3 is 0 Å². The van der Waals surface area contributed by atoms with Gasteiger partial charge in [0.25, 0.3) is 0 Å². The van der Waals surface area contributed by atoms with E-state index in [1.54, 1.807) is 6.07 Å². The van der Waals surface area contributed by atoms with Gasteiger partial charge in [-0.3, -0.25) is 0 Å². The van der Waals surface area contributed by atoms with Gasteiger partial charge in [0.2, 0.25) is 0 Å². The van der Waals surface area contributed by atoms with Crippen LogP contribution in [0.2, 0.25) is 10.0 Å². The molecule has 1 N–H and O–H groups in total. The van der Waals surface area contributed by atoms with E-state index in [2.05, 4.69) is 12.2 Å². The molecule has 2 rings (SSSR count). The molecule has 0 aromatic heterocycles. The highest BCUT2D eigenvalue weighted by atomic mass is 35.5. The summed E-state index contributed by atoms with van der Waals surface area (Å²) in [4.78, 5) is 0. The third-order valence-electron chi connectivity index (χ3n) is 3.28. The fraction of sp³-hybridized carbons (Fsp3) is 0.571. The van der Waals surface area contributed by atoms with Gasteiger partial charge in [-0.15, -0.1) is 0 Å². The molecule has 1 saturated heterocycles. The van der Waals surface area contributed by atoms with Crippen LogP contribution in [-0.4, -0.2) is 30.7 Å². The Morgan fingerprint density at radius 2 is 2.32 bits per heavy atom. The van der Waals surface area contributed by atoms with E-state index in [0.717, 1.165) is 30.3 Å². The Hall–Kier alpha value is -0.0900. The quantitative estimate of drug-likeness (QED) is 0.852. The molecule has 2 nitrogen and oxygen atoms in total. The Kier molecular flexibility index (Phi) is 6.14. The molecular formula is C14H19Cl2NOS. The van der Waals surface area contributed by atoms with Crippen molar-refractivity contribution in [1.29, 1.82) is 0 Å². The standard InChI is InChI=1S/C14H19Cl2NOS/c1-2-19-9-14(10-5-6-17-8-10)18-13-4-3-11(15)7-12(13)16/h3-4,7,10,14,17H,2,5-6,8-9H2,1H3/t10-,14+/m0/s1. The van der Waals surface area contributed by atoms with Crippen LogP contribution < -0.4 is 10.1 Å². The van der Waals surface area contributed by atoms with Crippen molar-refractivity contribution in [2.24, 2.45) is 5.92 Å². The molecule has 2 atom stereocenters. The Bertz CT molecular complexity index is 410. The van der Waals surface area contributed by atoms with Gasteiger partial charge < -0.3 is 10.1 Å². The molecular weight excluding hydrogens is 301 g/mol. The van der Waals surface area contributed by atoms with Crippen molar-refractivity contribution < 1.29 is 4.74 Å². The SMILES string of the molecule is CCSC[C@@H](Oc1ccc(Cl)cc1Cl)[C@H]1CCNC1. The molecule has 0 amide bonds. The maximum absolute atomic E-state index is 6.18. The van der Waals surface area contributed by atoms with Crippen molar-refractivity contribution >= 4 is 35.0 Å². The molecule has 1 fully saturated rings. The molecule has 0 unspecified atom stereocenters. The zero-order valence-corrected chi connectivity index (χ0v) is 13.3. The lowest BCUT2D eigenvalue weighted by Gasteiger charge is -2.24. The Labute approximate surface area is 129 Å². The highest BCUT2D eigenvalue weighted by Crippen LogP contribution is 2.31. The summed E-state index contributed by atoms with van der Waals surface area (Å²) in [5, 5.41) is 4.62. The summed E-state index contributed by atoms with van der Waals surface area (Å²) in [6.45, 7) is 4.28. The maximum atomic E-state index is 6.18. The van der Waals surface area contributed by atoms with Crippen molar-refractivity contribution in [3.8, 4) is 5.75 Å². The monoisotopic (exact) mass is 319 g/mol. The number of benzene rings is 1. The van der Waals surface area contributed by atoms with Gasteiger partial charge in [0.05, 0.1) is 5.02 Å². The normalized spacial score (nSPS) is 20.5. The van der Waals surface area contributed by atoms with Gasteiger partial charge in [0.15, 0.2) is 0 Å². The van der Waals surface area contributed by atoms with Crippen LogP contribution in [0.1, 0.15) is 13.3 Å². The van der Waals surface area contributed by atoms with E-state index in [1.807, 2.05) is 23.9 Å². The lowest BCUT2D eigenvalue weighted by molar-refractivity contribution is 0.165. The van der Waals surface area contributed by atoms with E-state index in [-0.39, 0.29) is 6.10 Å². The second-order valence-electron chi connectivity index (χ2n) is 4.64. The predicted octanol–water partition coefficient (Wildman–Crippen LogP) is 4.10. The van der Waals surface area contributed by atoms with E-state index in [1.165, 1.54) is 6.42 Å². The largest absolute Gasteiger partial charge is 0.488 e. The lowest BCUT2D eigenvalue weighted by Crippen LogP contribution is -2.31. The number of hydrogen-bond acceptors (Lipinski definition) is 3. The summed E-state index contributed by atoms with van der Waals surface area (Å²) in [5.41, 5.74) is 0. The minimum absolute atomic E-state index is 0.207. The maximum Gasteiger partial charge on any atom is 0.138 e. The first-order chi connectivity index (χ1) is 9.20. The second kappa shape index (κ2) is 7.63. The summed E-state index contributed by atoms with van der Waals surface area (Å²) in [6, 6.07) is 5.41. The first-order valence-electron chi connectivity index (χ1n) is 6.61. The van der Waals surface area contributed by atoms with E-state index >= 15 is 0 Å². The Balaban J connectivity index is 2.05. The van der Waals surface area contributed by atoms with Gasteiger partial charge in [-0.25, -0.2) is 0 Å². The molecule has 0 bridgehead atoms. The molecule has 1 aromatic rings. The summed E-state index contributed by atoms with van der Waals surface area (Å²) >= 11 is 14.0.